The molecule has 1 aliphatic heterocycles. The SMILES string of the molecule is COC(=O)CCCCC=C(c1ccc(C2=N[C@H](C(=O)NCCCCC3CCCCC3)CO2)cc1)c1cccnc1. The minimum absolute atomic E-state index is 0.0571. The molecule has 1 N–H and O–H groups in total. The highest BCUT2D eigenvalue weighted by Crippen LogP contribution is 2.28. The Morgan fingerprint density at radius 3 is 2.60 bits per heavy atom. The number of methoxy groups -OCH3 is 1. The van der Waals surface area contributed by atoms with Gasteiger partial charge in [0.05, 0.1) is 7.11 Å². The summed E-state index contributed by atoms with van der Waals surface area (Å²) in [6, 6.07) is 11.6. The molecule has 7 nitrogen and oxygen atoms in total. The van der Waals surface area contributed by atoms with Crippen LogP contribution in [-0.4, -0.2) is 49.1 Å². The average Bonchev–Trinajstić information content (AvgIpc) is 3.50. The maximum Gasteiger partial charge on any atom is 0.305 e. The first kappa shape index (κ1) is 29.5. The van der Waals surface area contributed by atoms with Gasteiger partial charge >= 0.3 is 5.97 Å². The summed E-state index contributed by atoms with van der Waals surface area (Å²) in [7, 11) is 1.42. The third kappa shape index (κ3) is 9.04. The van der Waals surface area contributed by atoms with E-state index in [1.807, 2.05) is 42.6 Å². The maximum absolute atomic E-state index is 12.7. The summed E-state index contributed by atoms with van der Waals surface area (Å²) < 4.78 is 10.5. The van der Waals surface area contributed by atoms with Crippen LogP contribution in [0.4, 0.5) is 0 Å². The lowest BCUT2D eigenvalue weighted by Gasteiger charge is -2.21. The maximum atomic E-state index is 12.7. The average molecular weight is 546 g/mol. The molecule has 1 aromatic heterocycles. The van der Waals surface area contributed by atoms with Crippen LogP contribution in [0.15, 0.2) is 59.9 Å². The van der Waals surface area contributed by atoms with Crippen molar-refractivity contribution in [2.45, 2.75) is 83.1 Å². The molecule has 1 atom stereocenters. The van der Waals surface area contributed by atoms with Crippen molar-refractivity contribution in [3.05, 3.63) is 71.6 Å². The van der Waals surface area contributed by atoms with Crippen LogP contribution in [-0.2, 0) is 19.1 Å². The minimum Gasteiger partial charge on any atom is -0.475 e. The largest absolute Gasteiger partial charge is 0.475 e. The van der Waals surface area contributed by atoms with Crippen LogP contribution in [0.2, 0.25) is 0 Å². The number of allylic oxidation sites excluding steroid dienone is 1. The van der Waals surface area contributed by atoms with Gasteiger partial charge in [0.15, 0.2) is 6.04 Å². The lowest BCUT2D eigenvalue weighted by atomic mass is 9.86. The van der Waals surface area contributed by atoms with Crippen molar-refractivity contribution >= 4 is 23.3 Å². The number of carbonyl (C=O) groups excluding carboxylic acids is 2. The number of amides is 1. The number of rotatable bonds is 14. The van der Waals surface area contributed by atoms with Crippen LogP contribution < -0.4 is 5.32 Å². The van der Waals surface area contributed by atoms with Gasteiger partial charge in [-0.15, -0.1) is 0 Å². The van der Waals surface area contributed by atoms with Gasteiger partial charge in [-0.2, -0.15) is 0 Å². The first-order valence-electron chi connectivity index (χ1n) is 14.9. The lowest BCUT2D eigenvalue weighted by molar-refractivity contribution is -0.140. The molecule has 0 spiro atoms. The summed E-state index contributed by atoms with van der Waals surface area (Å²) in [4.78, 5) is 32.9. The number of aliphatic imine (C=N–C) groups is 1. The molecule has 2 heterocycles. The van der Waals surface area contributed by atoms with Crippen molar-refractivity contribution in [3.8, 4) is 0 Å². The molecule has 1 aliphatic carbocycles. The first-order valence-corrected chi connectivity index (χ1v) is 14.9. The smallest absolute Gasteiger partial charge is 0.305 e. The minimum atomic E-state index is -0.496. The molecule has 4 rings (SSSR count). The van der Waals surface area contributed by atoms with Gasteiger partial charge < -0.3 is 14.8 Å². The van der Waals surface area contributed by atoms with Crippen molar-refractivity contribution in [3.63, 3.8) is 0 Å². The Balaban J connectivity index is 1.29. The summed E-state index contributed by atoms with van der Waals surface area (Å²) in [5, 5.41) is 3.05. The van der Waals surface area contributed by atoms with E-state index in [-0.39, 0.29) is 18.5 Å². The van der Waals surface area contributed by atoms with E-state index < -0.39 is 6.04 Å². The molecule has 214 valence electrons. The van der Waals surface area contributed by atoms with Crippen LogP contribution in [0.3, 0.4) is 0 Å². The summed E-state index contributed by atoms with van der Waals surface area (Å²) in [5.74, 6) is 1.17. The number of carbonyl (C=O) groups is 2. The van der Waals surface area contributed by atoms with Crippen molar-refractivity contribution < 1.29 is 19.1 Å². The van der Waals surface area contributed by atoms with Gasteiger partial charge in [-0.05, 0) is 60.9 Å². The molecule has 0 saturated heterocycles. The molecule has 2 aromatic rings. The molecule has 1 fully saturated rings. The Kier molecular flexibility index (Phi) is 11.8. The van der Waals surface area contributed by atoms with Crippen molar-refractivity contribution in [1.82, 2.24) is 10.3 Å². The highest BCUT2D eigenvalue weighted by atomic mass is 16.5. The predicted octanol–water partition coefficient (Wildman–Crippen LogP) is 6.26. The Labute approximate surface area is 238 Å². The number of benzene rings is 1. The molecule has 40 heavy (non-hydrogen) atoms. The fourth-order valence-corrected chi connectivity index (χ4v) is 5.51. The van der Waals surface area contributed by atoms with Crippen LogP contribution in [0.5, 0.6) is 0 Å². The number of ether oxygens (including phenoxy) is 2. The second-order valence-electron chi connectivity index (χ2n) is 10.8. The highest BCUT2D eigenvalue weighted by Gasteiger charge is 2.26. The standard InChI is InChI=1S/C33H43N3O4/c1-39-31(37)16-7-3-6-15-29(28-14-10-21-34-23-28)26-17-19-27(20-18-26)33-36-30(24-40-33)32(38)35-22-9-8-13-25-11-4-2-5-12-25/h10,14-15,17-21,23,25,30H,2-9,11-13,16,22,24H2,1H3,(H,35,38)/t30-/m0/s1. The van der Waals surface area contributed by atoms with Crippen LogP contribution in [0, 0.1) is 5.92 Å². The van der Waals surface area contributed by atoms with Crippen molar-refractivity contribution in [1.29, 1.82) is 0 Å². The predicted molar refractivity (Wildman–Crippen MR) is 158 cm³/mol. The molecule has 0 bridgehead atoms. The van der Waals surface area contributed by atoms with E-state index in [1.54, 1.807) is 6.20 Å². The Morgan fingerprint density at radius 1 is 1.02 bits per heavy atom. The normalized spacial score (nSPS) is 17.7. The number of hydrogen-bond donors (Lipinski definition) is 1. The second kappa shape index (κ2) is 15.9. The van der Waals surface area contributed by atoms with E-state index in [2.05, 4.69) is 21.4 Å². The first-order chi connectivity index (χ1) is 19.6. The number of nitrogens with zero attached hydrogens (tertiary/aromatic N) is 2. The number of aromatic nitrogens is 1. The summed E-state index contributed by atoms with van der Waals surface area (Å²) in [6.07, 6.45) is 19.2. The summed E-state index contributed by atoms with van der Waals surface area (Å²) >= 11 is 0. The third-order valence-electron chi connectivity index (χ3n) is 7.84. The molecule has 0 radical (unpaired) electrons. The molecule has 1 saturated carbocycles. The van der Waals surface area contributed by atoms with Gasteiger partial charge in [-0.25, -0.2) is 4.99 Å². The quantitative estimate of drug-likeness (QED) is 0.224. The van der Waals surface area contributed by atoms with Crippen LogP contribution in [0.1, 0.15) is 93.7 Å². The van der Waals surface area contributed by atoms with Gasteiger partial charge in [0, 0.05) is 36.5 Å². The van der Waals surface area contributed by atoms with E-state index in [9.17, 15) is 9.59 Å². The fraction of sp³-hybridized carbons (Fsp3) is 0.515. The number of hydrogen-bond acceptors (Lipinski definition) is 6. The molecule has 2 aliphatic rings. The van der Waals surface area contributed by atoms with E-state index in [0.717, 1.165) is 53.9 Å². The lowest BCUT2D eigenvalue weighted by Crippen LogP contribution is -2.34. The zero-order valence-electron chi connectivity index (χ0n) is 23.8. The molecule has 0 unspecified atom stereocenters. The van der Waals surface area contributed by atoms with E-state index in [1.165, 1.54) is 52.1 Å². The number of unbranched alkanes of at least 4 members (excludes halogenated alkanes) is 3. The second-order valence-corrected chi connectivity index (χ2v) is 10.8. The van der Waals surface area contributed by atoms with Crippen LogP contribution in [0.25, 0.3) is 5.57 Å². The summed E-state index contributed by atoms with van der Waals surface area (Å²) in [5.41, 5.74) is 4.04. The highest BCUT2D eigenvalue weighted by molar-refractivity contribution is 5.98. The van der Waals surface area contributed by atoms with E-state index >= 15 is 0 Å². The monoisotopic (exact) mass is 545 g/mol. The number of pyridine rings is 1. The third-order valence-corrected chi connectivity index (χ3v) is 7.84. The van der Waals surface area contributed by atoms with Gasteiger partial charge in [0.25, 0.3) is 0 Å². The Morgan fingerprint density at radius 2 is 1.85 bits per heavy atom. The fourth-order valence-electron chi connectivity index (χ4n) is 5.51. The molecule has 1 aromatic carbocycles. The van der Waals surface area contributed by atoms with Gasteiger partial charge in [-0.1, -0.05) is 69.2 Å². The molecule has 7 heteroatoms. The van der Waals surface area contributed by atoms with Crippen LogP contribution >= 0.6 is 0 Å². The Hall–Kier alpha value is -3.48. The summed E-state index contributed by atoms with van der Waals surface area (Å²) in [6.45, 7) is 0.977. The van der Waals surface area contributed by atoms with E-state index in [4.69, 9.17) is 9.47 Å². The molecular weight excluding hydrogens is 502 g/mol. The number of nitrogens with one attached hydrogen (secondary N) is 1. The van der Waals surface area contributed by atoms with Gasteiger partial charge in [0.2, 0.25) is 11.8 Å². The number of esters is 1. The van der Waals surface area contributed by atoms with E-state index in [0.29, 0.717) is 18.9 Å². The zero-order valence-corrected chi connectivity index (χ0v) is 23.8. The topological polar surface area (TPSA) is 89.9 Å². The van der Waals surface area contributed by atoms with Gasteiger partial charge in [0.1, 0.15) is 6.61 Å². The van der Waals surface area contributed by atoms with Gasteiger partial charge in [-0.3, -0.25) is 14.6 Å². The van der Waals surface area contributed by atoms with Crippen molar-refractivity contribution in [2.75, 3.05) is 20.3 Å². The molecular formula is C33H43N3O4. The Bertz CT molecular complexity index is 1140. The molecule has 1 amide bonds. The zero-order chi connectivity index (χ0) is 28.0. The van der Waals surface area contributed by atoms with Crippen molar-refractivity contribution in [2.24, 2.45) is 10.9 Å².